The van der Waals surface area contributed by atoms with Gasteiger partial charge in [-0.1, -0.05) is 35.9 Å². The summed E-state index contributed by atoms with van der Waals surface area (Å²) in [7, 11) is 0. The molecule has 0 aliphatic rings. The fourth-order valence-electron chi connectivity index (χ4n) is 4.18. The predicted octanol–water partition coefficient (Wildman–Crippen LogP) is 6.33. The Morgan fingerprint density at radius 3 is 2.36 bits per heavy atom. The molecule has 0 unspecified atom stereocenters. The molecule has 0 radical (unpaired) electrons. The lowest BCUT2D eigenvalue weighted by Crippen LogP contribution is -2.12. The van der Waals surface area contributed by atoms with Gasteiger partial charge in [-0.2, -0.15) is 5.10 Å². The van der Waals surface area contributed by atoms with Crippen LogP contribution in [0.25, 0.3) is 16.9 Å². The van der Waals surface area contributed by atoms with Crippen LogP contribution < -0.4 is 19.5 Å². The van der Waals surface area contributed by atoms with Crippen molar-refractivity contribution in [3.8, 4) is 28.5 Å². The standard InChI is InChI=1S/C31H30N4O4/c1-4-37-28-15-8-22(18-29(28)38-5-2)20-39-25-13-11-24(12-14-25)34-31(36)26-19-33-35-27(16-17-32-30(26)35)23-9-6-21(3)7-10-23/h6-19H,4-5,20H2,1-3H3,(H,34,36). The van der Waals surface area contributed by atoms with E-state index in [0.717, 1.165) is 22.6 Å². The average Bonchev–Trinajstić information content (AvgIpc) is 3.39. The van der Waals surface area contributed by atoms with Crippen molar-refractivity contribution < 1.29 is 19.0 Å². The van der Waals surface area contributed by atoms with Gasteiger partial charge in [0.25, 0.3) is 5.91 Å². The molecule has 1 N–H and O–H groups in total. The van der Waals surface area contributed by atoms with Gasteiger partial charge < -0.3 is 19.5 Å². The van der Waals surface area contributed by atoms with Crippen LogP contribution in [0.4, 0.5) is 5.69 Å². The summed E-state index contributed by atoms with van der Waals surface area (Å²) in [6.07, 6.45) is 3.23. The number of aromatic nitrogens is 3. The zero-order chi connectivity index (χ0) is 27.2. The van der Waals surface area contributed by atoms with Crippen LogP contribution in [0, 0.1) is 6.92 Å². The van der Waals surface area contributed by atoms with Crippen LogP contribution >= 0.6 is 0 Å². The van der Waals surface area contributed by atoms with Gasteiger partial charge in [0.15, 0.2) is 17.1 Å². The normalized spacial score (nSPS) is 10.8. The van der Waals surface area contributed by atoms with Crippen molar-refractivity contribution >= 4 is 17.2 Å². The molecule has 1 amide bonds. The number of carbonyl (C=O) groups is 1. The molecule has 5 aromatic rings. The summed E-state index contributed by atoms with van der Waals surface area (Å²) in [5.74, 6) is 1.81. The summed E-state index contributed by atoms with van der Waals surface area (Å²) in [4.78, 5) is 17.5. The van der Waals surface area contributed by atoms with Crippen LogP contribution in [0.2, 0.25) is 0 Å². The first kappa shape index (κ1) is 25.8. The summed E-state index contributed by atoms with van der Waals surface area (Å²) in [6.45, 7) is 7.42. The number of hydrogen-bond acceptors (Lipinski definition) is 6. The molecule has 0 fully saturated rings. The van der Waals surface area contributed by atoms with Gasteiger partial charge in [0.2, 0.25) is 0 Å². The number of ether oxygens (including phenoxy) is 3. The topological polar surface area (TPSA) is 87.0 Å². The monoisotopic (exact) mass is 522 g/mol. The Balaban J connectivity index is 1.25. The summed E-state index contributed by atoms with van der Waals surface area (Å²) in [5.41, 5.74) is 5.52. The minimum absolute atomic E-state index is 0.287. The number of aryl methyl sites for hydroxylation is 1. The number of rotatable bonds is 10. The number of amides is 1. The van der Waals surface area contributed by atoms with Gasteiger partial charge >= 0.3 is 0 Å². The highest BCUT2D eigenvalue weighted by atomic mass is 16.5. The number of anilines is 1. The maximum Gasteiger partial charge on any atom is 0.261 e. The molecule has 0 spiro atoms. The van der Waals surface area contributed by atoms with Crippen molar-refractivity contribution in [2.24, 2.45) is 0 Å². The van der Waals surface area contributed by atoms with Crippen LogP contribution in [-0.2, 0) is 6.61 Å². The number of carbonyl (C=O) groups excluding carboxylic acids is 1. The van der Waals surface area contributed by atoms with Gasteiger partial charge in [0.1, 0.15) is 17.9 Å². The van der Waals surface area contributed by atoms with Gasteiger partial charge in [0, 0.05) is 17.4 Å². The smallest absolute Gasteiger partial charge is 0.261 e. The van der Waals surface area contributed by atoms with E-state index in [4.69, 9.17) is 14.2 Å². The lowest BCUT2D eigenvalue weighted by molar-refractivity contribution is 0.102. The first-order chi connectivity index (χ1) is 19.1. The van der Waals surface area contributed by atoms with E-state index in [1.54, 1.807) is 29.0 Å². The molecule has 0 saturated heterocycles. The molecule has 8 nitrogen and oxygen atoms in total. The Hall–Kier alpha value is -4.85. The lowest BCUT2D eigenvalue weighted by Gasteiger charge is -2.13. The fraction of sp³-hybridized carbons (Fsp3) is 0.194. The van der Waals surface area contributed by atoms with E-state index in [1.165, 1.54) is 5.56 Å². The van der Waals surface area contributed by atoms with Crippen LogP contribution in [-0.4, -0.2) is 33.7 Å². The van der Waals surface area contributed by atoms with Crippen molar-refractivity contribution in [2.45, 2.75) is 27.4 Å². The van der Waals surface area contributed by atoms with Crippen molar-refractivity contribution in [1.29, 1.82) is 0 Å². The van der Waals surface area contributed by atoms with E-state index < -0.39 is 0 Å². The molecule has 0 saturated carbocycles. The predicted molar refractivity (Wildman–Crippen MR) is 151 cm³/mol. The van der Waals surface area contributed by atoms with Crippen molar-refractivity contribution in [3.63, 3.8) is 0 Å². The van der Waals surface area contributed by atoms with Crippen LogP contribution in [0.15, 0.2) is 85.2 Å². The van der Waals surface area contributed by atoms with Gasteiger partial charge in [-0.3, -0.25) is 4.79 Å². The third kappa shape index (κ3) is 5.85. The second-order valence-corrected chi connectivity index (χ2v) is 8.90. The maximum atomic E-state index is 13.1. The largest absolute Gasteiger partial charge is 0.490 e. The highest BCUT2D eigenvalue weighted by Gasteiger charge is 2.16. The molecule has 2 heterocycles. The highest BCUT2D eigenvalue weighted by molar-refractivity contribution is 6.08. The van der Waals surface area contributed by atoms with E-state index in [9.17, 15) is 4.79 Å². The summed E-state index contributed by atoms with van der Waals surface area (Å²) >= 11 is 0. The summed E-state index contributed by atoms with van der Waals surface area (Å²) < 4.78 is 19.0. The Labute approximate surface area is 227 Å². The first-order valence-electron chi connectivity index (χ1n) is 12.9. The van der Waals surface area contributed by atoms with Gasteiger partial charge in [0.05, 0.1) is 25.1 Å². The zero-order valence-electron chi connectivity index (χ0n) is 22.2. The van der Waals surface area contributed by atoms with Gasteiger partial charge in [-0.05, 0) is 68.8 Å². The molecule has 39 heavy (non-hydrogen) atoms. The minimum atomic E-state index is -0.287. The van der Waals surface area contributed by atoms with Gasteiger partial charge in [-0.25, -0.2) is 9.50 Å². The van der Waals surface area contributed by atoms with E-state index >= 15 is 0 Å². The lowest BCUT2D eigenvalue weighted by atomic mass is 10.1. The third-order valence-corrected chi connectivity index (χ3v) is 6.12. The van der Waals surface area contributed by atoms with E-state index in [0.29, 0.717) is 48.2 Å². The molecular formula is C31H30N4O4. The molecular weight excluding hydrogens is 492 g/mol. The molecule has 0 bridgehead atoms. The number of hydrogen-bond donors (Lipinski definition) is 1. The van der Waals surface area contributed by atoms with Gasteiger partial charge in [-0.15, -0.1) is 0 Å². The molecule has 0 aliphatic heterocycles. The molecule has 5 rings (SSSR count). The number of fused-ring (bicyclic) bond motifs is 1. The van der Waals surface area contributed by atoms with Crippen LogP contribution in [0.1, 0.15) is 35.3 Å². The van der Waals surface area contributed by atoms with Crippen molar-refractivity contribution in [1.82, 2.24) is 14.6 Å². The number of nitrogens with zero attached hydrogens (tertiary/aromatic N) is 3. The molecule has 198 valence electrons. The van der Waals surface area contributed by atoms with Crippen molar-refractivity contribution in [3.05, 3.63) is 102 Å². The second kappa shape index (κ2) is 11.7. The first-order valence-corrected chi connectivity index (χ1v) is 12.9. The van der Waals surface area contributed by atoms with Crippen molar-refractivity contribution in [2.75, 3.05) is 18.5 Å². The Bertz CT molecular complexity index is 1580. The zero-order valence-corrected chi connectivity index (χ0v) is 22.2. The average molecular weight is 523 g/mol. The van der Waals surface area contributed by atoms with E-state index in [2.05, 4.69) is 15.4 Å². The summed E-state index contributed by atoms with van der Waals surface area (Å²) in [6, 6.07) is 23.0. The third-order valence-electron chi connectivity index (χ3n) is 6.12. The molecule has 0 aliphatic carbocycles. The molecule has 0 atom stereocenters. The number of benzene rings is 3. The van der Waals surface area contributed by atoms with E-state index in [1.807, 2.05) is 81.4 Å². The Morgan fingerprint density at radius 1 is 0.872 bits per heavy atom. The molecule has 3 aromatic carbocycles. The van der Waals surface area contributed by atoms with E-state index in [-0.39, 0.29) is 5.91 Å². The minimum Gasteiger partial charge on any atom is -0.490 e. The maximum absolute atomic E-state index is 13.1. The highest BCUT2D eigenvalue weighted by Crippen LogP contribution is 2.29. The molecule has 2 aromatic heterocycles. The van der Waals surface area contributed by atoms with Crippen LogP contribution in [0.5, 0.6) is 17.2 Å². The van der Waals surface area contributed by atoms with Crippen LogP contribution in [0.3, 0.4) is 0 Å². The Morgan fingerprint density at radius 2 is 1.62 bits per heavy atom. The Kier molecular flexibility index (Phi) is 7.73. The summed E-state index contributed by atoms with van der Waals surface area (Å²) in [5, 5.41) is 7.36. The number of nitrogens with one attached hydrogen (secondary N) is 1. The SMILES string of the molecule is CCOc1ccc(COc2ccc(NC(=O)c3cnn4c(-c5ccc(C)cc5)ccnc34)cc2)cc1OCC. The quantitative estimate of drug-likeness (QED) is 0.231. The fourth-order valence-corrected chi connectivity index (χ4v) is 4.18. The molecule has 8 heteroatoms. The second-order valence-electron chi connectivity index (χ2n) is 8.90.